The van der Waals surface area contributed by atoms with Gasteiger partial charge in [-0.3, -0.25) is 9.59 Å². The zero-order chi connectivity index (χ0) is 31.4. The number of methoxy groups -OCH3 is 1. The maximum Gasteiger partial charge on any atom is 0.416 e. The Bertz CT molecular complexity index is 1360. The lowest BCUT2D eigenvalue weighted by atomic mass is 9.97. The van der Waals surface area contributed by atoms with E-state index in [1.54, 1.807) is 48.5 Å². The molecule has 5 atom stereocenters. The maximum absolute atomic E-state index is 13.5. The van der Waals surface area contributed by atoms with E-state index in [1.165, 1.54) is 21.0 Å². The predicted octanol–water partition coefficient (Wildman–Crippen LogP) is 3.29. The summed E-state index contributed by atoms with van der Waals surface area (Å²) in [6, 6.07) is 8.59. The second kappa shape index (κ2) is 14.9. The number of benzene rings is 2. The number of hydrogen-bond acceptors (Lipinski definition) is 7. The van der Waals surface area contributed by atoms with E-state index < -0.39 is 69.0 Å². The largest absolute Gasteiger partial charge is 0.497 e. The van der Waals surface area contributed by atoms with E-state index in [4.69, 9.17) is 22.1 Å². The zero-order valence-electron chi connectivity index (χ0n) is 23.8. The number of rotatable bonds is 11. The van der Waals surface area contributed by atoms with Crippen LogP contribution in [-0.4, -0.2) is 79.5 Å². The minimum Gasteiger partial charge on any atom is -0.497 e. The molecule has 2 aromatic rings. The fraction of sp³-hybridized carbons (Fsp3) is 0.500. The van der Waals surface area contributed by atoms with Gasteiger partial charge in [0.1, 0.15) is 11.8 Å². The monoisotopic (exact) mass is 669 g/mol. The van der Waals surface area contributed by atoms with Gasteiger partial charge in [0.2, 0.25) is 11.8 Å². The van der Waals surface area contributed by atoms with Gasteiger partial charge < -0.3 is 25.8 Å². The first kappa shape index (κ1) is 36.6. The zero-order valence-corrected chi connectivity index (χ0v) is 26.1. The Morgan fingerprint density at radius 3 is 2.33 bits per heavy atom. The summed E-state index contributed by atoms with van der Waals surface area (Å²) in [6.07, 6.45) is -8.22. The molecular formula is C28H36Cl2F3N3O6S. The van der Waals surface area contributed by atoms with Crippen molar-refractivity contribution in [1.82, 2.24) is 10.2 Å². The molecule has 0 aliphatic carbocycles. The van der Waals surface area contributed by atoms with Crippen molar-refractivity contribution < 1.29 is 41.0 Å². The summed E-state index contributed by atoms with van der Waals surface area (Å²) in [4.78, 5) is 27.9. The number of amides is 2. The highest BCUT2D eigenvalue weighted by atomic mass is 35.5. The number of alkyl halides is 3. The minimum absolute atomic E-state index is 0. The van der Waals surface area contributed by atoms with Crippen LogP contribution in [0.5, 0.6) is 5.75 Å². The Labute approximate surface area is 260 Å². The molecular weight excluding hydrogens is 634 g/mol. The molecule has 1 heterocycles. The summed E-state index contributed by atoms with van der Waals surface area (Å²) in [5.74, 6) is -2.46. The molecule has 9 nitrogen and oxygen atoms in total. The van der Waals surface area contributed by atoms with Crippen LogP contribution >= 0.6 is 24.0 Å². The molecule has 0 radical (unpaired) electrons. The Balaban J connectivity index is 0.00000645. The van der Waals surface area contributed by atoms with Gasteiger partial charge in [0.05, 0.1) is 30.2 Å². The number of carbonyl (C=O) groups is 2. The van der Waals surface area contributed by atoms with Gasteiger partial charge in [-0.2, -0.15) is 13.2 Å². The summed E-state index contributed by atoms with van der Waals surface area (Å²) in [5.41, 5.74) is 7.26. The first-order chi connectivity index (χ1) is 19.5. The van der Waals surface area contributed by atoms with Gasteiger partial charge in [-0.1, -0.05) is 49.7 Å². The van der Waals surface area contributed by atoms with Gasteiger partial charge >= 0.3 is 6.18 Å². The molecule has 4 N–H and O–H groups in total. The van der Waals surface area contributed by atoms with Crippen molar-refractivity contribution in [3.8, 4) is 5.75 Å². The molecule has 1 fully saturated rings. The highest BCUT2D eigenvalue weighted by Gasteiger charge is 2.49. The average molecular weight is 671 g/mol. The van der Waals surface area contributed by atoms with Crippen LogP contribution < -0.4 is 15.8 Å². The van der Waals surface area contributed by atoms with Crippen molar-refractivity contribution in [1.29, 1.82) is 0 Å². The smallest absolute Gasteiger partial charge is 0.416 e. The fourth-order valence-corrected chi connectivity index (χ4v) is 6.88. The van der Waals surface area contributed by atoms with Crippen molar-refractivity contribution >= 4 is 45.7 Å². The molecule has 1 saturated heterocycles. The minimum atomic E-state index is -5.02. The highest BCUT2D eigenvalue weighted by Crippen LogP contribution is 2.30. The van der Waals surface area contributed by atoms with Crippen LogP contribution in [0.3, 0.4) is 0 Å². The van der Waals surface area contributed by atoms with Crippen molar-refractivity contribution in [3.63, 3.8) is 0 Å². The standard InChI is InChI=1S/C28H35ClF3N3O6S.ClH/c1-16(2)24(25(36)28(30,31)32)34-26(37)23-13-21(42(39,40)15-17-7-9-20(41-3)10-8-17)14-35(23)27(38)22(33)12-18-5-4-6-19(29)11-18;/h4-11,16,21-25,36H,12-15,33H2,1-3H3,(H,34,37);1H/t21-,22?,23+,24+,25+;/m1./s1. The number of nitrogens with one attached hydrogen (secondary N) is 1. The van der Waals surface area contributed by atoms with Crippen molar-refractivity contribution in [3.05, 3.63) is 64.7 Å². The predicted molar refractivity (Wildman–Crippen MR) is 159 cm³/mol. The fourth-order valence-electron chi connectivity index (χ4n) is 4.91. The first-order valence-electron chi connectivity index (χ1n) is 13.2. The Morgan fingerprint density at radius 2 is 1.79 bits per heavy atom. The third-order valence-corrected chi connectivity index (χ3v) is 9.58. The second-order valence-corrected chi connectivity index (χ2v) is 13.4. The molecule has 43 heavy (non-hydrogen) atoms. The van der Waals surface area contributed by atoms with Crippen LogP contribution in [0.4, 0.5) is 13.2 Å². The Hall–Kier alpha value is -2.58. The van der Waals surface area contributed by atoms with Gasteiger partial charge in [-0.25, -0.2) is 8.42 Å². The normalized spacial score (nSPS) is 19.3. The van der Waals surface area contributed by atoms with Crippen molar-refractivity contribution in [2.45, 2.75) is 68.1 Å². The summed E-state index contributed by atoms with van der Waals surface area (Å²) in [5, 5.41) is 11.3. The number of aliphatic hydroxyl groups is 1. The van der Waals surface area contributed by atoms with Crippen LogP contribution in [0.1, 0.15) is 31.4 Å². The third-order valence-electron chi connectivity index (χ3n) is 7.25. The Morgan fingerprint density at radius 1 is 1.16 bits per heavy atom. The Kier molecular flexibility index (Phi) is 12.7. The summed E-state index contributed by atoms with van der Waals surface area (Å²) < 4.78 is 71.9. The van der Waals surface area contributed by atoms with Gasteiger partial charge in [0, 0.05) is 11.6 Å². The number of sulfone groups is 1. The van der Waals surface area contributed by atoms with E-state index >= 15 is 0 Å². The van der Waals surface area contributed by atoms with E-state index in [0.717, 1.165) is 4.90 Å². The van der Waals surface area contributed by atoms with Gasteiger partial charge in [0.25, 0.3) is 0 Å². The molecule has 15 heteroatoms. The first-order valence-corrected chi connectivity index (χ1v) is 15.3. The molecule has 3 rings (SSSR count). The van der Waals surface area contributed by atoms with E-state index in [2.05, 4.69) is 5.32 Å². The lowest BCUT2D eigenvalue weighted by Gasteiger charge is -2.32. The van der Waals surface area contributed by atoms with E-state index in [0.29, 0.717) is 21.9 Å². The van der Waals surface area contributed by atoms with E-state index in [9.17, 15) is 36.3 Å². The molecule has 1 aliphatic heterocycles. The van der Waals surface area contributed by atoms with Crippen LogP contribution in [0.2, 0.25) is 5.02 Å². The number of aliphatic hydroxyl groups excluding tert-OH is 1. The molecule has 0 spiro atoms. The number of hydrogen-bond donors (Lipinski definition) is 3. The van der Waals surface area contributed by atoms with Crippen molar-refractivity contribution in [2.75, 3.05) is 13.7 Å². The molecule has 1 unspecified atom stereocenters. The number of likely N-dealkylation sites (tertiary alicyclic amines) is 1. The average Bonchev–Trinajstić information content (AvgIpc) is 3.37. The SMILES string of the molecule is COc1ccc(CS(=O)(=O)[C@@H]2C[C@@H](C(=O)N[C@@H](C(C)C)[C@H](O)C(F)(F)F)N(C(=O)C(N)Cc3cccc(Cl)c3)C2)cc1.Cl. The quantitative estimate of drug-likeness (QED) is 0.334. The number of nitrogens with zero attached hydrogens (tertiary/aromatic N) is 1. The highest BCUT2D eigenvalue weighted by molar-refractivity contribution is 7.91. The number of nitrogens with two attached hydrogens (primary N) is 1. The molecule has 0 saturated carbocycles. The van der Waals surface area contributed by atoms with Gasteiger partial charge in [-0.05, 0) is 54.2 Å². The number of carbonyl (C=O) groups excluding carboxylic acids is 2. The van der Waals surface area contributed by atoms with Crippen molar-refractivity contribution in [2.24, 2.45) is 11.7 Å². The molecule has 0 bridgehead atoms. The number of ether oxygens (including phenoxy) is 1. The molecule has 2 aromatic carbocycles. The van der Waals surface area contributed by atoms with Gasteiger partial charge in [0.15, 0.2) is 15.9 Å². The molecule has 1 aliphatic rings. The summed E-state index contributed by atoms with van der Waals surface area (Å²) in [6.45, 7) is 2.40. The molecule has 240 valence electrons. The summed E-state index contributed by atoms with van der Waals surface area (Å²) >= 11 is 6.02. The number of halogens is 5. The van der Waals surface area contributed by atoms with Crippen LogP contribution in [0, 0.1) is 5.92 Å². The lowest BCUT2D eigenvalue weighted by Crippen LogP contribution is -2.58. The molecule has 2 amide bonds. The van der Waals surface area contributed by atoms with Crippen LogP contribution in [0.25, 0.3) is 0 Å². The maximum atomic E-state index is 13.5. The topological polar surface area (TPSA) is 139 Å². The van der Waals surface area contributed by atoms with E-state index in [-0.39, 0.29) is 31.8 Å². The van der Waals surface area contributed by atoms with E-state index in [1.807, 2.05) is 0 Å². The lowest BCUT2D eigenvalue weighted by molar-refractivity contribution is -0.215. The van der Waals surface area contributed by atoms with Gasteiger partial charge in [-0.15, -0.1) is 12.4 Å². The second-order valence-electron chi connectivity index (χ2n) is 10.7. The molecule has 0 aromatic heterocycles. The van der Waals surface area contributed by atoms with Crippen LogP contribution in [-0.2, 0) is 31.6 Å². The summed E-state index contributed by atoms with van der Waals surface area (Å²) in [7, 11) is -2.47. The van der Waals surface area contributed by atoms with Crippen LogP contribution in [0.15, 0.2) is 48.5 Å². The third kappa shape index (κ3) is 9.45.